The van der Waals surface area contributed by atoms with Gasteiger partial charge in [0.15, 0.2) is 0 Å². The van der Waals surface area contributed by atoms with Crippen LogP contribution in [0.1, 0.15) is 10.4 Å². The van der Waals surface area contributed by atoms with E-state index in [0.717, 1.165) is 11.3 Å². The topological polar surface area (TPSA) is 39.2 Å². The van der Waals surface area contributed by atoms with Crippen LogP contribution in [0.15, 0.2) is 42.6 Å². The predicted octanol–water partition coefficient (Wildman–Crippen LogP) is 3.19. The number of nitrogens with zero attached hydrogens (tertiary/aromatic N) is 1. The molecular formula is C13H10ClNO2. The SMILES string of the molecule is COC(=O)c1ccc(-c2ccccn2)c(Cl)c1. The molecule has 0 unspecified atom stereocenters. The lowest BCUT2D eigenvalue weighted by Crippen LogP contribution is -2.01. The average molecular weight is 248 g/mol. The minimum absolute atomic E-state index is 0.403. The van der Waals surface area contributed by atoms with Gasteiger partial charge in [0.05, 0.1) is 23.4 Å². The van der Waals surface area contributed by atoms with Gasteiger partial charge in [-0.3, -0.25) is 4.98 Å². The number of hydrogen-bond acceptors (Lipinski definition) is 3. The highest BCUT2D eigenvalue weighted by Gasteiger charge is 2.10. The van der Waals surface area contributed by atoms with Gasteiger partial charge in [0.25, 0.3) is 0 Å². The van der Waals surface area contributed by atoms with Crippen molar-refractivity contribution in [1.82, 2.24) is 4.98 Å². The molecule has 0 saturated heterocycles. The van der Waals surface area contributed by atoms with E-state index < -0.39 is 5.97 Å². The van der Waals surface area contributed by atoms with Crippen molar-refractivity contribution in [1.29, 1.82) is 0 Å². The molecule has 1 heterocycles. The molecule has 0 atom stereocenters. The van der Waals surface area contributed by atoms with E-state index in [2.05, 4.69) is 9.72 Å². The Morgan fingerprint density at radius 2 is 2.12 bits per heavy atom. The molecule has 0 aliphatic rings. The lowest BCUT2D eigenvalue weighted by Gasteiger charge is -2.05. The molecule has 0 N–H and O–H groups in total. The van der Waals surface area contributed by atoms with E-state index in [-0.39, 0.29) is 0 Å². The summed E-state index contributed by atoms with van der Waals surface area (Å²) in [6.07, 6.45) is 1.69. The van der Waals surface area contributed by atoms with E-state index in [0.29, 0.717) is 10.6 Å². The highest BCUT2D eigenvalue weighted by Crippen LogP contribution is 2.27. The first-order valence-corrected chi connectivity index (χ1v) is 5.39. The van der Waals surface area contributed by atoms with Crippen LogP contribution in [0.2, 0.25) is 5.02 Å². The number of hydrogen-bond donors (Lipinski definition) is 0. The summed E-state index contributed by atoms with van der Waals surface area (Å²) in [6.45, 7) is 0. The van der Waals surface area contributed by atoms with Crippen molar-refractivity contribution in [2.75, 3.05) is 7.11 Å². The van der Waals surface area contributed by atoms with Crippen LogP contribution in [-0.4, -0.2) is 18.1 Å². The number of aromatic nitrogens is 1. The fraction of sp³-hybridized carbons (Fsp3) is 0.0769. The molecule has 2 rings (SSSR count). The van der Waals surface area contributed by atoms with Gasteiger partial charge in [0.2, 0.25) is 0 Å². The Bertz CT molecular complexity index is 540. The molecule has 17 heavy (non-hydrogen) atoms. The molecule has 0 fully saturated rings. The minimum atomic E-state index is -0.403. The first-order chi connectivity index (χ1) is 8.22. The summed E-state index contributed by atoms with van der Waals surface area (Å²) < 4.78 is 4.62. The summed E-state index contributed by atoms with van der Waals surface area (Å²) in [6, 6.07) is 10.6. The highest BCUT2D eigenvalue weighted by molar-refractivity contribution is 6.33. The maximum Gasteiger partial charge on any atom is 0.337 e. The maximum atomic E-state index is 11.3. The lowest BCUT2D eigenvalue weighted by molar-refractivity contribution is 0.0601. The number of halogens is 1. The van der Waals surface area contributed by atoms with Gasteiger partial charge in [-0.15, -0.1) is 0 Å². The molecule has 3 nitrogen and oxygen atoms in total. The molecule has 1 aromatic heterocycles. The normalized spacial score (nSPS) is 10.0. The fourth-order valence-corrected chi connectivity index (χ4v) is 1.77. The second-order valence-corrected chi connectivity index (χ2v) is 3.81. The molecule has 0 radical (unpaired) electrons. The van der Waals surface area contributed by atoms with Gasteiger partial charge in [-0.2, -0.15) is 0 Å². The van der Waals surface area contributed by atoms with E-state index in [4.69, 9.17) is 11.6 Å². The lowest BCUT2D eigenvalue weighted by atomic mass is 10.1. The summed E-state index contributed by atoms with van der Waals surface area (Å²) >= 11 is 6.12. The average Bonchev–Trinajstić information content (AvgIpc) is 2.38. The first-order valence-electron chi connectivity index (χ1n) is 5.01. The second-order valence-electron chi connectivity index (χ2n) is 3.40. The van der Waals surface area contributed by atoms with Crippen LogP contribution in [-0.2, 0) is 4.74 Å². The van der Waals surface area contributed by atoms with Gasteiger partial charge in [-0.25, -0.2) is 4.79 Å². The minimum Gasteiger partial charge on any atom is -0.465 e. The largest absolute Gasteiger partial charge is 0.465 e. The smallest absolute Gasteiger partial charge is 0.337 e. The molecule has 1 aromatic carbocycles. The number of esters is 1. The molecule has 2 aromatic rings. The van der Waals surface area contributed by atoms with Crippen molar-refractivity contribution in [3.05, 3.63) is 53.2 Å². The van der Waals surface area contributed by atoms with Crippen LogP contribution in [0, 0.1) is 0 Å². The molecule has 0 spiro atoms. The summed E-state index contributed by atoms with van der Waals surface area (Å²) in [4.78, 5) is 15.5. The molecule has 86 valence electrons. The molecule has 0 aliphatic heterocycles. The van der Waals surface area contributed by atoms with Crippen molar-refractivity contribution >= 4 is 17.6 Å². The van der Waals surface area contributed by atoms with Gasteiger partial charge in [-0.1, -0.05) is 23.7 Å². The van der Waals surface area contributed by atoms with Crippen molar-refractivity contribution in [2.24, 2.45) is 0 Å². The maximum absolute atomic E-state index is 11.3. The highest BCUT2D eigenvalue weighted by atomic mass is 35.5. The molecule has 4 heteroatoms. The van der Waals surface area contributed by atoms with E-state index in [1.54, 1.807) is 24.4 Å². The van der Waals surface area contributed by atoms with Crippen molar-refractivity contribution in [3.8, 4) is 11.3 Å². The van der Waals surface area contributed by atoms with Crippen LogP contribution >= 0.6 is 11.6 Å². The third-order valence-corrected chi connectivity index (χ3v) is 2.64. The number of benzene rings is 1. The molecular weight excluding hydrogens is 238 g/mol. The van der Waals surface area contributed by atoms with Crippen molar-refractivity contribution < 1.29 is 9.53 Å². The van der Waals surface area contributed by atoms with Gasteiger partial charge in [0.1, 0.15) is 0 Å². The molecule has 0 saturated carbocycles. The summed E-state index contributed by atoms with van der Waals surface area (Å²) in [7, 11) is 1.34. The second kappa shape index (κ2) is 4.97. The van der Waals surface area contributed by atoms with Gasteiger partial charge < -0.3 is 4.74 Å². The zero-order valence-corrected chi connectivity index (χ0v) is 9.94. The zero-order chi connectivity index (χ0) is 12.3. The van der Waals surface area contributed by atoms with E-state index in [9.17, 15) is 4.79 Å². The van der Waals surface area contributed by atoms with Crippen LogP contribution in [0.3, 0.4) is 0 Å². The number of carbonyl (C=O) groups is 1. The third-order valence-electron chi connectivity index (χ3n) is 2.33. The van der Waals surface area contributed by atoms with Gasteiger partial charge in [0, 0.05) is 11.8 Å². The first kappa shape index (κ1) is 11.6. The fourth-order valence-electron chi connectivity index (χ4n) is 1.49. The number of rotatable bonds is 2. The number of pyridine rings is 1. The summed E-state index contributed by atoms with van der Waals surface area (Å²) in [5, 5.41) is 0.478. The molecule has 0 amide bonds. The van der Waals surface area contributed by atoms with E-state index >= 15 is 0 Å². The van der Waals surface area contributed by atoms with E-state index in [1.807, 2.05) is 18.2 Å². The molecule has 0 aliphatic carbocycles. The number of methoxy groups -OCH3 is 1. The molecule has 0 bridgehead atoms. The van der Waals surface area contributed by atoms with Gasteiger partial charge >= 0.3 is 5.97 Å². The Kier molecular flexibility index (Phi) is 3.40. The Morgan fingerprint density at radius 3 is 2.71 bits per heavy atom. The number of carbonyl (C=O) groups excluding carboxylic acids is 1. The Balaban J connectivity index is 2.42. The standard InChI is InChI=1S/C13H10ClNO2/c1-17-13(16)9-5-6-10(11(14)8-9)12-4-2-3-7-15-12/h2-8H,1H3. The zero-order valence-electron chi connectivity index (χ0n) is 9.18. The van der Waals surface area contributed by atoms with Crippen LogP contribution in [0.25, 0.3) is 11.3 Å². The summed E-state index contributed by atoms with van der Waals surface area (Å²) in [5.74, 6) is -0.403. The van der Waals surface area contributed by atoms with Crippen LogP contribution < -0.4 is 0 Å². The van der Waals surface area contributed by atoms with Crippen molar-refractivity contribution in [3.63, 3.8) is 0 Å². The quantitative estimate of drug-likeness (QED) is 0.765. The summed E-state index contributed by atoms with van der Waals surface area (Å²) in [5.41, 5.74) is 1.99. The Hall–Kier alpha value is -1.87. The monoisotopic (exact) mass is 247 g/mol. The van der Waals surface area contributed by atoms with E-state index in [1.165, 1.54) is 7.11 Å². The van der Waals surface area contributed by atoms with Crippen LogP contribution in [0.5, 0.6) is 0 Å². The third kappa shape index (κ3) is 2.45. The van der Waals surface area contributed by atoms with Crippen molar-refractivity contribution in [2.45, 2.75) is 0 Å². The van der Waals surface area contributed by atoms with Crippen LogP contribution in [0.4, 0.5) is 0 Å². The van der Waals surface area contributed by atoms with Gasteiger partial charge in [-0.05, 0) is 24.3 Å². The number of ether oxygens (including phenoxy) is 1. The predicted molar refractivity (Wildman–Crippen MR) is 66.0 cm³/mol. The Morgan fingerprint density at radius 1 is 1.29 bits per heavy atom. The Labute approximate surface area is 104 Å².